The van der Waals surface area contributed by atoms with Crippen molar-refractivity contribution < 1.29 is 14.3 Å². The number of hydrogen-bond acceptors (Lipinski definition) is 3. The van der Waals surface area contributed by atoms with E-state index in [0.717, 1.165) is 12.0 Å². The molecule has 0 unspecified atom stereocenters. The van der Waals surface area contributed by atoms with Crippen LogP contribution in [0.2, 0.25) is 0 Å². The van der Waals surface area contributed by atoms with Crippen LogP contribution in [0.5, 0.6) is 5.75 Å². The van der Waals surface area contributed by atoms with Gasteiger partial charge < -0.3 is 4.74 Å². The summed E-state index contributed by atoms with van der Waals surface area (Å²) < 4.78 is 5.38. The quantitative estimate of drug-likeness (QED) is 0.156. The molecule has 31 heavy (non-hydrogen) atoms. The summed E-state index contributed by atoms with van der Waals surface area (Å²) in [5, 5.41) is 0. The molecule has 160 valence electrons. The van der Waals surface area contributed by atoms with E-state index in [0.29, 0.717) is 22.4 Å². The molecular weight excluding hydrogens is 384 g/mol. The molecule has 0 bridgehead atoms. The highest BCUT2D eigenvalue weighted by molar-refractivity contribution is 6.09. The Morgan fingerprint density at radius 3 is 1.84 bits per heavy atom. The minimum Gasteiger partial charge on any atom is -0.423 e. The van der Waals surface area contributed by atoms with Crippen molar-refractivity contribution >= 4 is 11.8 Å². The molecule has 0 saturated heterocycles. The van der Waals surface area contributed by atoms with Crippen molar-refractivity contribution in [1.29, 1.82) is 0 Å². The first-order chi connectivity index (χ1) is 15.1. The van der Waals surface area contributed by atoms with E-state index < -0.39 is 5.97 Å². The second-order valence-corrected chi connectivity index (χ2v) is 7.97. The summed E-state index contributed by atoms with van der Waals surface area (Å²) in [6.45, 7) is 4.20. The largest absolute Gasteiger partial charge is 0.423 e. The smallest absolute Gasteiger partial charge is 0.343 e. The van der Waals surface area contributed by atoms with E-state index in [4.69, 9.17) is 4.74 Å². The van der Waals surface area contributed by atoms with Gasteiger partial charge in [0.15, 0.2) is 5.78 Å². The number of carbonyl (C=O) groups excluding carboxylic acids is 2. The Kier molecular flexibility index (Phi) is 8.17. The lowest BCUT2D eigenvalue weighted by Crippen LogP contribution is -2.09. The van der Waals surface area contributed by atoms with Crippen molar-refractivity contribution in [2.24, 2.45) is 0 Å². The van der Waals surface area contributed by atoms with Crippen molar-refractivity contribution in [3.63, 3.8) is 0 Å². The molecule has 0 radical (unpaired) electrons. The molecule has 3 aromatic carbocycles. The molecule has 0 aliphatic rings. The summed E-state index contributed by atoms with van der Waals surface area (Å²) in [5.41, 5.74) is 3.99. The Balaban J connectivity index is 1.57. The fourth-order valence-corrected chi connectivity index (χ4v) is 3.45. The van der Waals surface area contributed by atoms with Crippen molar-refractivity contribution in [3.8, 4) is 5.75 Å². The van der Waals surface area contributed by atoms with Crippen LogP contribution < -0.4 is 4.74 Å². The number of ketones is 1. The average molecular weight is 415 g/mol. The number of ether oxygens (including phenoxy) is 1. The van der Waals surface area contributed by atoms with Gasteiger partial charge in [-0.05, 0) is 49.6 Å². The van der Waals surface area contributed by atoms with Crippen LogP contribution in [0.1, 0.15) is 76.4 Å². The van der Waals surface area contributed by atoms with Gasteiger partial charge in [0.2, 0.25) is 0 Å². The maximum atomic E-state index is 12.8. The highest BCUT2D eigenvalue weighted by atomic mass is 16.5. The van der Waals surface area contributed by atoms with Gasteiger partial charge in [-0.3, -0.25) is 4.79 Å². The van der Waals surface area contributed by atoms with E-state index in [9.17, 15) is 9.59 Å². The van der Waals surface area contributed by atoms with Crippen LogP contribution in [0.3, 0.4) is 0 Å². The Hall–Kier alpha value is -3.20. The van der Waals surface area contributed by atoms with E-state index in [1.807, 2.05) is 43.3 Å². The van der Waals surface area contributed by atoms with Crippen LogP contribution >= 0.6 is 0 Å². The van der Waals surface area contributed by atoms with Crippen LogP contribution in [0.15, 0.2) is 72.8 Å². The summed E-state index contributed by atoms with van der Waals surface area (Å²) in [5.74, 6) is 0.0142. The second kappa shape index (κ2) is 11.3. The van der Waals surface area contributed by atoms with Gasteiger partial charge in [0.05, 0.1) is 5.56 Å². The molecule has 0 atom stereocenters. The molecule has 3 nitrogen and oxygen atoms in total. The van der Waals surface area contributed by atoms with E-state index in [1.54, 1.807) is 36.4 Å². The molecule has 0 spiro atoms. The van der Waals surface area contributed by atoms with Gasteiger partial charge in [-0.15, -0.1) is 0 Å². The van der Waals surface area contributed by atoms with Crippen LogP contribution in [-0.4, -0.2) is 11.8 Å². The predicted molar refractivity (Wildman–Crippen MR) is 125 cm³/mol. The molecule has 0 aliphatic carbocycles. The summed E-state index contributed by atoms with van der Waals surface area (Å²) in [7, 11) is 0. The standard InChI is InChI=1S/C28H30O3/c1-3-4-5-6-7-8-22-11-13-23(14-12-22)27(29)24-15-17-25(18-16-24)28(30)31-26-19-9-21(2)10-20-26/h9-20H,3-8H2,1-2H3. The third-order valence-electron chi connectivity index (χ3n) is 5.40. The maximum Gasteiger partial charge on any atom is 0.343 e. The minimum absolute atomic E-state index is 0.0482. The summed E-state index contributed by atoms with van der Waals surface area (Å²) in [6.07, 6.45) is 7.35. The number of aryl methyl sites for hydroxylation is 2. The Bertz CT molecular complexity index is 984. The van der Waals surface area contributed by atoms with Gasteiger partial charge in [0.1, 0.15) is 5.75 Å². The fraction of sp³-hybridized carbons (Fsp3) is 0.286. The normalized spacial score (nSPS) is 10.6. The topological polar surface area (TPSA) is 43.4 Å². The number of esters is 1. The summed E-state index contributed by atoms with van der Waals surface area (Å²) in [6, 6.07) is 21.8. The first kappa shape index (κ1) is 22.5. The zero-order valence-corrected chi connectivity index (χ0v) is 18.4. The van der Waals surface area contributed by atoms with Gasteiger partial charge >= 0.3 is 5.97 Å². The number of carbonyl (C=O) groups is 2. The molecule has 3 aromatic rings. The lowest BCUT2D eigenvalue weighted by molar-refractivity contribution is 0.0734. The minimum atomic E-state index is -0.439. The third-order valence-corrected chi connectivity index (χ3v) is 5.40. The van der Waals surface area contributed by atoms with E-state index in [-0.39, 0.29) is 5.78 Å². The number of unbranched alkanes of at least 4 members (excludes halogenated alkanes) is 4. The molecule has 0 aliphatic heterocycles. The Morgan fingerprint density at radius 2 is 1.23 bits per heavy atom. The van der Waals surface area contributed by atoms with E-state index >= 15 is 0 Å². The van der Waals surface area contributed by atoms with Crippen LogP contribution in [-0.2, 0) is 6.42 Å². The lowest BCUT2D eigenvalue weighted by Gasteiger charge is -2.07. The Morgan fingerprint density at radius 1 is 0.677 bits per heavy atom. The van der Waals surface area contributed by atoms with Crippen molar-refractivity contribution in [3.05, 3.63) is 101 Å². The average Bonchev–Trinajstić information content (AvgIpc) is 2.80. The molecule has 0 fully saturated rings. The van der Waals surface area contributed by atoms with Crippen LogP contribution in [0.25, 0.3) is 0 Å². The molecule has 0 saturated carbocycles. The first-order valence-electron chi connectivity index (χ1n) is 11.1. The summed E-state index contributed by atoms with van der Waals surface area (Å²) in [4.78, 5) is 25.1. The zero-order chi connectivity index (χ0) is 22.1. The molecule has 0 heterocycles. The summed E-state index contributed by atoms with van der Waals surface area (Å²) >= 11 is 0. The maximum absolute atomic E-state index is 12.8. The molecule has 0 amide bonds. The van der Waals surface area contributed by atoms with Gasteiger partial charge in [0.25, 0.3) is 0 Å². The molecule has 0 N–H and O–H groups in total. The highest BCUT2D eigenvalue weighted by Crippen LogP contribution is 2.17. The second-order valence-electron chi connectivity index (χ2n) is 7.97. The highest BCUT2D eigenvalue weighted by Gasteiger charge is 2.12. The molecule has 0 aromatic heterocycles. The monoisotopic (exact) mass is 414 g/mol. The number of rotatable bonds is 10. The third kappa shape index (κ3) is 6.65. The van der Waals surface area contributed by atoms with E-state index in [2.05, 4.69) is 6.92 Å². The number of hydrogen-bond donors (Lipinski definition) is 0. The van der Waals surface area contributed by atoms with Crippen LogP contribution in [0.4, 0.5) is 0 Å². The fourth-order valence-electron chi connectivity index (χ4n) is 3.45. The van der Waals surface area contributed by atoms with Gasteiger partial charge in [-0.2, -0.15) is 0 Å². The van der Waals surface area contributed by atoms with Crippen molar-refractivity contribution in [1.82, 2.24) is 0 Å². The lowest BCUT2D eigenvalue weighted by atomic mass is 9.99. The SMILES string of the molecule is CCCCCCCc1ccc(C(=O)c2ccc(C(=O)Oc3ccc(C)cc3)cc2)cc1. The predicted octanol–water partition coefficient (Wildman–Crippen LogP) is 6.96. The zero-order valence-electron chi connectivity index (χ0n) is 18.4. The van der Waals surface area contributed by atoms with E-state index in [1.165, 1.54) is 37.7 Å². The molecule has 3 rings (SSSR count). The van der Waals surface area contributed by atoms with Gasteiger partial charge in [0, 0.05) is 11.1 Å². The first-order valence-corrected chi connectivity index (χ1v) is 11.1. The van der Waals surface area contributed by atoms with Gasteiger partial charge in [-0.1, -0.05) is 86.7 Å². The molecular formula is C28H30O3. The van der Waals surface area contributed by atoms with Gasteiger partial charge in [-0.25, -0.2) is 4.79 Å². The van der Waals surface area contributed by atoms with Crippen molar-refractivity contribution in [2.75, 3.05) is 0 Å². The number of benzene rings is 3. The molecule has 3 heteroatoms. The van der Waals surface area contributed by atoms with Crippen LogP contribution in [0, 0.1) is 6.92 Å². The Labute approximate surface area is 185 Å². The van der Waals surface area contributed by atoms with Crippen molar-refractivity contribution in [2.45, 2.75) is 52.4 Å².